The van der Waals surface area contributed by atoms with Gasteiger partial charge in [-0.3, -0.25) is 0 Å². The first-order valence-electron chi connectivity index (χ1n) is 11.1. The minimum atomic E-state index is -0.384. The van der Waals surface area contributed by atoms with Crippen molar-refractivity contribution in [2.45, 2.75) is 26.2 Å². The highest BCUT2D eigenvalue weighted by molar-refractivity contribution is 6.00. The van der Waals surface area contributed by atoms with E-state index in [0.717, 1.165) is 16.9 Å². The Labute approximate surface area is 200 Å². The van der Waals surface area contributed by atoms with Gasteiger partial charge in [-0.15, -0.1) is 0 Å². The molecule has 0 saturated heterocycles. The molecule has 3 N–H and O–H groups in total. The first-order valence-corrected chi connectivity index (χ1v) is 11.1. The van der Waals surface area contributed by atoms with Crippen LogP contribution in [0.2, 0.25) is 0 Å². The molecular weight excluding hydrogens is 424 g/mol. The maximum Gasteiger partial charge on any atom is 0.323 e. The predicted octanol–water partition coefficient (Wildman–Crippen LogP) is 7.56. The monoisotopic (exact) mass is 452 g/mol. The van der Waals surface area contributed by atoms with E-state index in [9.17, 15) is 4.79 Å². The molecule has 0 unspecified atom stereocenters. The molecule has 0 spiro atoms. The lowest BCUT2D eigenvalue weighted by Gasteiger charge is -2.22. The lowest BCUT2D eigenvalue weighted by molar-refractivity contribution is 0.262. The molecule has 172 valence electrons. The van der Waals surface area contributed by atoms with Crippen molar-refractivity contribution < 1.29 is 9.53 Å². The van der Waals surface area contributed by atoms with Crippen LogP contribution in [0.5, 0.6) is 11.6 Å². The van der Waals surface area contributed by atoms with E-state index in [1.807, 2.05) is 78.9 Å². The van der Waals surface area contributed by atoms with Crippen LogP contribution < -0.4 is 20.7 Å². The second-order valence-corrected chi connectivity index (χ2v) is 8.85. The predicted molar refractivity (Wildman–Crippen MR) is 138 cm³/mol. The van der Waals surface area contributed by atoms with Gasteiger partial charge in [-0.25, -0.2) is 9.78 Å². The van der Waals surface area contributed by atoms with Gasteiger partial charge in [0.2, 0.25) is 5.88 Å². The number of anilines is 4. The van der Waals surface area contributed by atoms with Crippen LogP contribution in [0.3, 0.4) is 0 Å². The van der Waals surface area contributed by atoms with Crippen LogP contribution in [0, 0.1) is 0 Å². The molecule has 1 aromatic heterocycles. The third-order valence-corrected chi connectivity index (χ3v) is 5.13. The van der Waals surface area contributed by atoms with Crippen molar-refractivity contribution in [2.75, 3.05) is 16.0 Å². The van der Waals surface area contributed by atoms with Crippen LogP contribution in [0.15, 0.2) is 97.2 Å². The SMILES string of the molecule is CC(C)(C)c1ccccc1Oc1ncccc1NC(=O)Nc1ccc(Nc2ccccc2)cc1. The zero-order chi connectivity index (χ0) is 24.0. The Hall–Kier alpha value is -4.32. The van der Waals surface area contributed by atoms with E-state index in [0.29, 0.717) is 23.0 Å². The smallest absolute Gasteiger partial charge is 0.323 e. The number of urea groups is 1. The summed E-state index contributed by atoms with van der Waals surface area (Å²) in [6, 6.07) is 28.4. The van der Waals surface area contributed by atoms with E-state index < -0.39 is 0 Å². The van der Waals surface area contributed by atoms with Gasteiger partial charge < -0.3 is 20.7 Å². The molecule has 0 aliphatic carbocycles. The Kier molecular flexibility index (Phi) is 6.78. The minimum absolute atomic E-state index is 0.0993. The summed E-state index contributed by atoms with van der Waals surface area (Å²) in [5, 5.41) is 9.00. The number of hydrogen-bond acceptors (Lipinski definition) is 4. The number of ether oxygens (including phenoxy) is 1. The standard InChI is InChI=1S/C28H28N4O2/c1-28(2,3)23-12-7-8-14-25(23)34-26-24(13-9-19-29-26)32-27(33)31-22-17-15-21(16-18-22)30-20-10-5-4-6-11-20/h4-19,30H,1-3H3,(H2,31,32,33). The summed E-state index contributed by atoms with van der Waals surface area (Å²) >= 11 is 0. The molecule has 3 aromatic carbocycles. The largest absolute Gasteiger partial charge is 0.437 e. The fourth-order valence-corrected chi connectivity index (χ4v) is 3.46. The van der Waals surface area contributed by atoms with Crippen molar-refractivity contribution >= 4 is 28.8 Å². The maximum atomic E-state index is 12.7. The Morgan fingerprint density at radius 3 is 2.12 bits per heavy atom. The average molecular weight is 453 g/mol. The zero-order valence-corrected chi connectivity index (χ0v) is 19.5. The van der Waals surface area contributed by atoms with E-state index in [-0.39, 0.29) is 11.4 Å². The number of amides is 2. The first-order chi connectivity index (χ1) is 16.4. The number of benzene rings is 3. The normalized spacial score (nSPS) is 10.9. The summed E-state index contributed by atoms with van der Waals surface area (Å²) in [6.07, 6.45) is 1.64. The average Bonchev–Trinajstić information content (AvgIpc) is 2.82. The van der Waals surface area contributed by atoms with Crippen LogP contribution in [-0.2, 0) is 5.41 Å². The Bertz CT molecular complexity index is 1250. The third kappa shape index (κ3) is 5.92. The summed E-state index contributed by atoms with van der Waals surface area (Å²) in [4.78, 5) is 17.0. The van der Waals surface area contributed by atoms with Crippen molar-refractivity contribution in [3.8, 4) is 11.6 Å². The van der Waals surface area contributed by atoms with Gasteiger partial charge in [0.15, 0.2) is 0 Å². The number of pyridine rings is 1. The molecule has 0 radical (unpaired) electrons. The van der Waals surface area contributed by atoms with E-state index in [4.69, 9.17) is 4.74 Å². The van der Waals surface area contributed by atoms with Crippen molar-refractivity contribution in [3.63, 3.8) is 0 Å². The fourth-order valence-electron chi connectivity index (χ4n) is 3.46. The molecule has 4 rings (SSSR count). The molecule has 0 fully saturated rings. The second kappa shape index (κ2) is 10.1. The number of carbonyl (C=O) groups is 1. The fraction of sp³-hybridized carbons (Fsp3) is 0.143. The number of para-hydroxylation sites is 2. The van der Waals surface area contributed by atoms with Crippen molar-refractivity contribution in [1.82, 2.24) is 4.98 Å². The molecule has 0 atom stereocenters. The summed E-state index contributed by atoms with van der Waals surface area (Å²) < 4.78 is 6.13. The number of nitrogens with zero attached hydrogens (tertiary/aromatic N) is 1. The molecular formula is C28H28N4O2. The maximum absolute atomic E-state index is 12.7. The van der Waals surface area contributed by atoms with Gasteiger partial charge in [0.1, 0.15) is 11.4 Å². The van der Waals surface area contributed by atoms with Crippen LogP contribution >= 0.6 is 0 Å². The molecule has 0 aliphatic heterocycles. The van der Waals surface area contributed by atoms with Crippen molar-refractivity contribution in [1.29, 1.82) is 0 Å². The quantitative estimate of drug-likeness (QED) is 0.282. The van der Waals surface area contributed by atoms with Crippen LogP contribution in [0.4, 0.5) is 27.5 Å². The summed E-state index contributed by atoms with van der Waals surface area (Å²) in [6.45, 7) is 6.38. The molecule has 0 aliphatic rings. The van der Waals surface area contributed by atoms with Gasteiger partial charge in [-0.05, 0) is 60.0 Å². The number of aromatic nitrogens is 1. The van der Waals surface area contributed by atoms with Crippen LogP contribution in [0.25, 0.3) is 0 Å². The molecule has 6 heteroatoms. The third-order valence-electron chi connectivity index (χ3n) is 5.13. The molecule has 6 nitrogen and oxygen atoms in total. The van der Waals surface area contributed by atoms with Gasteiger partial charge in [0, 0.05) is 28.8 Å². The van der Waals surface area contributed by atoms with Gasteiger partial charge in [0.05, 0.1) is 0 Å². The molecule has 2 amide bonds. The Balaban J connectivity index is 1.43. The highest BCUT2D eigenvalue weighted by Crippen LogP contribution is 2.35. The van der Waals surface area contributed by atoms with Gasteiger partial charge >= 0.3 is 6.03 Å². The van der Waals surface area contributed by atoms with Gasteiger partial charge in [0.25, 0.3) is 0 Å². The highest BCUT2D eigenvalue weighted by Gasteiger charge is 2.20. The number of rotatable bonds is 6. The van der Waals surface area contributed by atoms with Crippen LogP contribution in [-0.4, -0.2) is 11.0 Å². The lowest BCUT2D eigenvalue weighted by Crippen LogP contribution is -2.20. The number of nitrogens with one attached hydrogen (secondary N) is 3. The zero-order valence-electron chi connectivity index (χ0n) is 19.5. The Morgan fingerprint density at radius 1 is 0.735 bits per heavy atom. The van der Waals surface area contributed by atoms with Gasteiger partial charge in [-0.2, -0.15) is 0 Å². The molecule has 0 saturated carbocycles. The minimum Gasteiger partial charge on any atom is -0.437 e. The van der Waals surface area contributed by atoms with Crippen LogP contribution in [0.1, 0.15) is 26.3 Å². The van der Waals surface area contributed by atoms with E-state index in [1.165, 1.54) is 0 Å². The number of carbonyl (C=O) groups excluding carboxylic acids is 1. The topological polar surface area (TPSA) is 75.3 Å². The number of hydrogen-bond donors (Lipinski definition) is 3. The lowest BCUT2D eigenvalue weighted by atomic mass is 9.86. The molecule has 4 aromatic rings. The van der Waals surface area contributed by atoms with E-state index in [2.05, 4.69) is 41.7 Å². The molecule has 0 bridgehead atoms. The van der Waals surface area contributed by atoms with Crippen molar-refractivity contribution in [2.24, 2.45) is 0 Å². The Morgan fingerprint density at radius 2 is 1.38 bits per heavy atom. The summed E-state index contributed by atoms with van der Waals surface area (Å²) in [5.41, 5.74) is 4.03. The highest BCUT2D eigenvalue weighted by atomic mass is 16.5. The van der Waals surface area contributed by atoms with E-state index >= 15 is 0 Å². The molecule has 1 heterocycles. The van der Waals surface area contributed by atoms with Gasteiger partial charge in [-0.1, -0.05) is 57.2 Å². The second-order valence-electron chi connectivity index (χ2n) is 8.85. The van der Waals surface area contributed by atoms with E-state index in [1.54, 1.807) is 18.3 Å². The molecule has 34 heavy (non-hydrogen) atoms. The first kappa shape index (κ1) is 22.9. The summed E-state index contributed by atoms with van der Waals surface area (Å²) in [7, 11) is 0. The van der Waals surface area contributed by atoms with Crippen molar-refractivity contribution in [3.05, 3.63) is 103 Å². The summed E-state index contributed by atoms with van der Waals surface area (Å²) in [5.74, 6) is 1.04.